The lowest BCUT2D eigenvalue weighted by Crippen LogP contribution is -2.34. The number of hydrogen-bond donors (Lipinski definition) is 8. The zero-order valence-corrected chi connectivity index (χ0v) is 14.0. The van der Waals surface area contributed by atoms with Crippen molar-refractivity contribution in [2.24, 2.45) is 0 Å². The quantitative estimate of drug-likeness (QED) is 0.212. The van der Waals surface area contributed by atoms with Gasteiger partial charge in [0.1, 0.15) is 29.9 Å². The molecular weight excluding hydrogens is 380 g/mol. The Kier molecular flexibility index (Phi) is 5.36. The number of nitrogens with zero attached hydrogens (tertiary/aromatic N) is 1. The molecule has 28 heavy (non-hydrogen) atoms. The molecule has 1 fully saturated rings. The minimum Gasteiger partial charge on any atom is -0.394 e. The molecule has 150 valence electrons. The van der Waals surface area contributed by atoms with Crippen LogP contribution in [0.3, 0.4) is 0 Å². The molecule has 4 heterocycles. The van der Waals surface area contributed by atoms with Gasteiger partial charge in [-0.25, -0.2) is 14.6 Å². The van der Waals surface area contributed by atoms with Gasteiger partial charge >= 0.3 is 11.4 Å². The first kappa shape index (κ1) is 19.4. The summed E-state index contributed by atoms with van der Waals surface area (Å²) in [5.74, 6) is 0. The Bertz CT molecular complexity index is 1190. The van der Waals surface area contributed by atoms with Crippen LogP contribution in [-0.4, -0.2) is 70.1 Å². The highest BCUT2D eigenvalue weighted by molar-refractivity contribution is 5.67. The summed E-state index contributed by atoms with van der Waals surface area (Å²) in [4.78, 5) is 58.8. The van der Waals surface area contributed by atoms with Gasteiger partial charge in [0.05, 0.1) is 18.5 Å². The van der Waals surface area contributed by atoms with Gasteiger partial charge < -0.3 is 30.0 Å². The lowest BCUT2D eigenvalue weighted by atomic mass is 10.0. The van der Waals surface area contributed by atoms with Crippen LogP contribution in [0, 0.1) is 0 Å². The van der Waals surface area contributed by atoms with Crippen LogP contribution in [0.4, 0.5) is 0 Å². The van der Waals surface area contributed by atoms with Gasteiger partial charge in [0.2, 0.25) is 0 Å². The Balaban J connectivity index is 0.000000176. The fourth-order valence-corrected chi connectivity index (χ4v) is 2.65. The Morgan fingerprint density at radius 2 is 1.68 bits per heavy atom. The fraction of sp³-hybridized carbons (Fsp3) is 0.357. The number of aliphatic hydroxyl groups is 3. The first-order valence-corrected chi connectivity index (χ1v) is 7.92. The molecule has 8 N–H and O–H groups in total. The predicted octanol–water partition coefficient (Wildman–Crippen LogP) is -3.84. The van der Waals surface area contributed by atoms with Crippen LogP contribution >= 0.6 is 0 Å². The third-order valence-electron chi connectivity index (χ3n) is 4.02. The molecule has 0 spiro atoms. The van der Waals surface area contributed by atoms with E-state index in [9.17, 15) is 29.4 Å². The van der Waals surface area contributed by atoms with E-state index in [0.717, 1.165) is 6.20 Å². The Morgan fingerprint density at radius 3 is 2.32 bits per heavy atom. The van der Waals surface area contributed by atoms with Gasteiger partial charge in [0, 0.05) is 6.20 Å². The standard InChI is InChI=1S/C9H12N2O6.C5H4N4O2/c12-2-4-5(13)6(14)7(17-4)3-1-10-9(16)11-8(3)15;10-4-2-3(7-1-6-2)8-5(11)9-4/h1,4-7,12-14H,2H2,(H2,10,11,15,16);1H,(H3,6,7,8,9,10,11)/t4-,5-,6-,7+;/m1./s1. The molecule has 4 atom stereocenters. The summed E-state index contributed by atoms with van der Waals surface area (Å²) in [6, 6.07) is 0. The summed E-state index contributed by atoms with van der Waals surface area (Å²) in [6.07, 6.45) is -2.20. The molecule has 0 bridgehead atoms. The second-order valence-corrected chi connectivity index (χ2v) is 5.82. The van der Waals surface area contributed by atoms with Gasteiger partial charge in [-0.1, -0.05) is 0 Å². The molecule has 3 aromatic heterocycles. The first-order chi connectivity index (χ1) is 13.3. The van der Waals surface area contributed by atoms with Crippen molar-refractivity contribution in [1.82, 2.24) is 29.9 Å². The Morgan fingerprint density at radius 1 is 0.964 bits per heavy atom. The topological polar surface area (TPSA) is 230 Å². The van der Waals surface area contributed by atoms with Crippen molar-refractivity contribution in [2.45, 2.75) is 24.4 Å². The van der Waals surface area contributed by atoms with E-state index in [1.807, 2.05) is 4.98 Å². The van der Waals surface area contributed by atoms with Crippen molar-refractivity contribution >= 4 is 11.2 Å². The highest BCUT2D eigenvalue weighted by Crippen LogP contribution is 2.31. The third-order valence-corrected chi connectivity index (χ3v) is 4.02. The number of rotatable bonds is 2. The average Bonchev–Trinajstić information content (AvgIpc) is 3.22. The molecular formula is C14H16N6O8. The summed E-state index contributed by atoms with van der Waals surface area (Å²) in [6.45, 7) is -0.476. The van der Waals surface area contributed by atoms with Crippen molar-refractivity contribution in [1.29, 1.82) is 0 Å². The maximum Gasteiger partial charge on any atom is 0.327 e. The number of fused-ring (bicyclic) bond motifs is 1. The SMILES string of the molecule is O=c1[nH]c(=O)c2[nH]cnc2[nH]1.O=c1[nH]cc([C@@H]2O[C@H](CO)[C@@H](O)[C@H]2O)c(=O)[nH]1. The minimum absolute atomic E-state index is 0.00731. The maximum atomic E-state index is 11.5. The van der Waals surface area contributed by atoms with Crippen LogP contribution in [-0.2, 0) is 4.74 Å². The van der Waals surface area contributed by atoms with Crippen LogP contribution in [0.15, 0.2) is 31.7 Å². The van der Waals surface area contributed by atoms with Crippen LogP contribution in [0.2, 0.25) is 0 Å². The van der Waals surface area contributed by atoms with Crippen molar-refractivity contribution in [3.63, 3.8) is 0 Å². The molecule has 4 rings (SSSR count). The van der Waals surface area contributed by atoms with Crippen molar-refractivity contribution < 1.29 is 20.1 Å². The minimum atomic E-state index is -1.33. The molecule has 1 aliphatic rings. The summed E-state index contributed by atoms with van der Waals surface area (Å²) in [5.41, 5.74) is -1.83. The number of ether oxygens (including phenoxy) is 1. The zero-order valence-electron chi connectivity index (χ0n) is 14.0. The average molecular weight is 396 g/mol. The van der Waals surface area contributed by atoms with Crippen LogP contribution in [0.25, 0.3) is 11.2 Å². The van der Waals surface area contributed by atoms with Crippen molar-refractivity contribution in [3.8, 4) is 0 Å². The van der Waals surface area contributed by atoms with E-state index in [1.165, 1.54) is 6.33 Å². The van der Waals surface area contributed by atoms with E-state index in [4.69, 9.17) is 9.84 Å². The monoisotopic (exact) mass is 396 g/mol. The summed E-state index contributed by atoms with van der Waals surface area (Å²) < 4.78 is 5.15. The second-order valence-electron chi connectivity index (χ2n) is 5.82. The molecule has 1 aliphatic heterocycles. The van der Waals surface area contributed by atoms with Crippen LogP contribution in [0.5, 0.6) is 0 Å². The number of H-pyrrole nitrogens is 5. The molecule has 14 heteroatoms. The number of aromatic nitrogens is 6. The molecule has 14 nitrogen and oxygen atoms in total. The van der Waals surface area contributed by atoms with Gasteiger partial charge in [-0.05, 0) is 0 Å². The number of aromatic amines is 5. The smallest absolute Gasteiger partial charge is 0.327 e. The second kappa shape index (κ2) is 7.73. The normalized spacial score (nSPS) is 24.1. The number of nitrogens with one attached hydrogen (secondary N) is 5. The van der Waals surface area contributed by atoms with Crippen LogP contribution < -0.4 is 22.5 Å². The molecule has 3 aromatic rings. The van der Waals surface area contributed by atoms with Crippen molar-refractivity contribution in [3.05, 3.63) is 59.8 Å². The van der Waals surface area contributed by atoms with E-state index in [0.29, 0.717) is 0 Å². The number of aliphatic hydroxyl groups excluding tert-OH is 3. The van der Waals surface area contributed by atoms with Gasteiger partial charge in [-0.2, -0.15) is 0 Å². The summed E-state index contributed by atoms with van der Waals surface area (Å²) in [5, 5.41) is 28.1. The molecule has 0 aliphatic carbocycles. The van der Waals surface area contributed by atoms with E-state index >= 15 is 0 Å². The van der Waals surface area contributed by atoms with Crippen molar-refractivity contribution in [2.75, 3.05) is 6.61 Å². The van der Waals surface area contributed by atoms with E-state index in [2.05, 4.69) is 24.9 Å². The van der Waals surface area contributed by atoms with Gasteiger partial charge in [0.15, 0.2) is 5.65 Å². The number of hydrogen-bond acceptors (Lipinski definition) is 9. The predicted molar refractivity (Wildman–Crippen MR) is 91.7 cm³/mol. The molecule has 0 amide bonds. The van der Waals surface area contributed by atoms with E-state index in [1.54, 1.807) is 0 Å². The lowest BCUT2D eigenvalue weighted by Gasteiger charge is -2.13. The molecule has 0 aromatic carbocycles. The zero-order chi connectivity index (χ0) is 20.4. The lowest BCUT2D eigenvalue weighted by molar-refractivity contribution is -0.0232. The number of imidazole rings is 1. The van der Waals surface area contributed by atoms with E-state index < -0.39 is 53.5 Å². The fourth-order valence-electron chi connectivity index (χ4n) is 2.65. The highest BCUT2D eigenvalue weighted by Gasteiger charge is 2.44. The van der Waals surface area contributed by atoms with Gasteiger partial charge in [-0.3, -0.25) is 24.5 Å². The Hall–Kier alpha value is -3.33. The largest absolute Gasteiger partial charge is 0.394 e. The van der Waals surface area contributed by atoms with E-state index in [-0.39, 0.29) is 16.7 Å². The molecule has 0 saturated carbocycles. The Labute approximate surface area is 152 Å². The summed E-state index contributed by atoms with van der Waals surface area (Å²) >= 11 is 0. The molecule has 0 unspecified atom stereocenters. The molecule has 0 radical (unpaired) electrons. The van der Waals surface area contributed by atoms with Gasteiger partial charge in [0.25, 0.3) is 11.1 Å². The molecule has 1 saturated heterocycles. The highest BCUT2D eigenvalue weighted by atomic mass is 16.6. The van der Waals surface area contributed by atoms with Gasteiger partial charge in [-0.15, -0.1) is 0 Å². The van der Waals surface area contributed by atoms with Crippen LogP contribution in [0.1, 0.15) is 11.7 Å². The maximum absolute atomic E-state index is 11.5. The third kappa shape index (κ3) is 3.70. The summed E-state index contributed by atoms with van der Waals surface area (Å²) in [7, 11) is 0. The first-order valence-electron chi connectivity index (χ1n) is 7.92.